The van der Waals surface area contributed by atoms with Crippen LogP contribution in [0.15, 0.2) is 121 Å². The first-order valence-electron chi connectivity index (χ1n) is 16.6. The summed E-state index contributed by atoms with van der Waals surface area (Å²) < 4.78 is 0. The summed E-state index contributed by atoms with van der Waals surface area (Å²) in [6.07, 6.45) is 2.42. The molecule has 4 nitrogen and oxygen atoms in total. The molecule has 1 aliphatic carbocycles. The maximum Gasteiger partial charge on any atom is 0.187 e. The molecular weight excluding hydrogens is 585 g/mol. The fourth-order valence-corrected chi connectivity index (χ4v) is 7.22. The van der Waals surface area contributed by atoms with Gasteiger partial charge >= 0.3 is 0 Å². The lowest BCUT2D eigenvalue weighted by Gasteiger charge is -2.42. The molecular formula is C44H36N4. The molecule has 4 heteroatoms. The standard InChI is InChI=1S/C44H36N4/c1-43(2)22-23-44(3,4)39-27-30(18-21-38(39)43)29-16-19-36-31(24-29)14-15-32-25-34(17-20-37(32)36)42-47-40(28-10-7-6-8-11-28)46-41(48-42)33-12-9-13-35(26-33)45-5/h6-21,24-27H,22-23H2,1-4H3. The normalized spacial score (nSPS) is 14.8. The Balaban J connectivity index is 1.20. The fourth-order valence-electron chi connectivity index (χ4n) is 7.22. The lowest BCUT2D eigenvalue weighted by Crippen LogP contribution is -2.33. The SMILES string of the molecule is [C-]#[N+]c1cccc(-c2nc(-c3ccccc3)nc(-c3ccc4c(ccc5cc(-c6ccc7c(c6)C(C)(C)CCC7(C)C)ccc54)c3)n2)c1. The summed E-state index contributed by atoms with van der Waals surface area (Å²) in [6, 6.07) is 42.2. The van der Waals surface area contributed by atoms with Gasteiger partial charge in [-0.2, -0.15) is 0 Å². The van der Waals surface area contributed by atoms with Crippen molar-refractivity contribution in [3.8, 4) is 45.3 Å². The van der Waals surface area contributed by atoms with Crippen molar-refractivity contribution >= 4 is 27.2 Å². The smallest absolute Gasteiger partial charge is 0.187 e. The van der Waals surface area contributed by atoms with Crippen molar-refractivity contribution in [2.45, 2.75) is 51.4 Å². The van der Waals surface area contributed by atoms with Gasteiger partial charge in [0.2, 0.25) is 0 Å². The molecule has 0 fully saturated rings. The van der Waals surface area contributed by atoms with Crippen LogP contribution in [-0.2, 0) is 10.8 Å². The molecule has 8 rings (SSSR count). The van der Waals surface area contributed by atoms with Gasteiger partial charge in [0.05, 0.1) is 6.57 Å². The van der Waals surface area contributed by atoms with E-state index in [0.29, 0.717) is 23.2 Å². The average molecular weight is 621 g/mol. The Hall–Kier alpha value is -5.66. The van der Waals surface area contributed by atoms with E-state index in [1.54, 1.807) is 6.07 Å². The molecule has 0 aliphatic heterocycles. The molecule has 0 amide bonds. The summed E-state index contributed by atoms with van der Waals surface area (Å²) in [5, 5.41) is 4.76. The summed E-state index contributed by atoms with van der Waals surface area (Å²) in [5.41, 5.74) is 9.05. The van der Waals surface area contributed by atoms with Gasteiger partial charge < -0.3 is 0 Å². The topological polar surface area (TPSA) is 43.0 Å². The van der Waals surface area contributed by atoms with Gasteiger partial charge in [-0.3, -0.25) is 0 Å². The van der Waals surface area contributed by atoms with Crippen LogP contribution >= 0.6 is 0 Å². The van der Waals surface area contributed by atoms with Crippen LogP contribution in [0.3, 0.4) is 0 Å². The number of hydrogen-bond donors (Lipinski definition) is 0. The van der Waals surface area contributed by atoms with E-state index < -0.39 is 0 Å². The maximum absolute atomic E-state index is 7.48. The molecule has 48 heavy (non-hydrogen) atoms. The van der Waals surface area contributed by atoms with Gasteiger partial charge in [0.25, 0.3) is 0 Å². The van der Waals surface area contributed by atoms with Crippen LogP contribution < -0.4 is 0 Å². The van der Waals surface area contributed by atoms with Gasteiger partial charge in [-0.15, -0.1) is 0 Å². The summed E-state index contributed by atoms with van der Waals surface area (Å²) in [5.74, 6) is 1.75. The van der Waals surface area contributed by atoms with Gasteiger partial charge in [0.15, 0.2) is 23.2 Å². The minimum absolute atomic E-state index is 0.175. The second-order valence-electron chi connectivity index (χ2n) is 14.3. The van der Waals surface area contributed by atoms with Gasteiger partial charge in [-0.05, 0) is 85.7 Å². The number of benzene rings is 6. The molecule has 0 N–H and O–H groups in total. The Kier molecular flexibility index (Phi) is 6.96. The van der Waals surface area contributed by atoms with Crippen molar-refractivity contribution in [3.05, 3.63) is 144 Å². The van der Waals surface area contributed by atoms with E-state index in [-0.39, 0.29) is 10.8 Å². The monoisotopic (exact) mass is 620 g/mol. The van der Waals surface area contributed by atoms with Crippen LogP contribution in [0, 0.1) is 6.57 Å². The van der Waals surface area contributed by atoms with E-state index in [1.807, 2.05) is 48.5 Å². The number of nitrogens with zero attached hydrogens (tertiary/aromatic N) is 4. The molecule has 7 aromatic rings. The van der Waals surface area contributed by atoms with Crippen LogP contribution in [0.25, 0.3) is 71.7 Å². The quantitative estimate of drug-likeness (QED) is 0.145. The molecule has 0 spiro atoms. The van der Waals surface area contributed by atoms with Crippen molar-refractivity contribution < 1.29 is 0 Å². The van der Waals surface area contributed by atoms with Crippen LogP contribution in [-0.4, -0.2) is 15.0 Å². The summed E-state index contributed by atoms with van der Waals surface area (Å²) in [4.78, 5) is 18.3. The number of hydrogen-bond acceptors (Lipinski definition) is 3. The predicted molar refractivity (Wildman–Crippen MR) is 198 cm³/mol. The van der Waals surface area contributed by atoms with Gasteiger partial charge in [0.1, 0.15) is 0 Å². The first kappa shape index (κ1) is 29.7. The average Bonchev–Trinajstić information content (AvgIpc) is 3.13. The minimum atomic E-state index is 0.175. The highest BCUT2D eigenvalue weighted by atomic mass is 15.0. The third-order valence-corrected chi connectivity index (χ3v) is 10.2. The summed E-state index contributed by atoms with van der Waals surface area (Å²) >= 11 is 0. The molecule has 0 bridgehead atoms. The molecule has 6 aromatic carbocycles. The van der Waals surface area contributed by atoms with Crippen LogP contribution in [0.4, 0.5) is 5.69 Å². The molecule has 1 aromatic heterocycles. The Morgan fingerprint density at radius 1 is 0.479 bits per heavy atom. The maximum atomic E-state index is 7.48. The molecule has 1 heterocycles. The fraction of sp³-hybridized carbons (Fsp3) is 0.182. The van der Waals surface area contributed by atoms with E-state index in [4.69, 9.17) is 21.5 Å². The predicted octanol–water partition coefficient (Wildman–Crippen LogP) is 11.7. The van der Waals surface area contributed by atoms with E-state index in [9.17, 15) is 0 Å². The Morgan fingerprint density at radius 3 is 1.67 bits per heavy atom. The van der Waals surface area contributed by atoms with Gasteiger partial charge in [-0.1, -0.05) is 131 Å². The second-order valence-corrected chi connectivity index (χ2v) is 14.3. The van der Waals surface area contributed by atoms with Crippen molar-refractivity contribution in [1.29, 1.82) is 0 Å². The van der Waals surface area contributed by atoms with Crippen LogP contribution in [0.2, 0.25) is 0 Å². The largest absolute Gasteiger partial charge is 0.238 e. The first-order chi connectivity index (χ1) is 23.2. The van der Waals surface area contributed by atoms with Crippen molar-refractivity contribution in [3.63, 3.8) is 0 Å². The molecule has 232 valence electrons. The van der Waals surface area contributed by atoms with Gasteiger partial charge in [0, 0.05) is 16.7 Å². The molecule has 0 unspecified atom stereocenters. The number of aromatic nitrogens is 3. The van der Waals surface area contributed by atoms with E-state index >= 15 is 0 Å². The third-order valence-electron chi connectivity index (χ3n) is 10.2. The highest BCUT2D eigenvalue weighted by Crippen LogP contribution is 2.47. The zero-order chi connectivity index (χ0) is 33.0. The summed E-state index contributed by atoms with van der Waals surface area (Å²) in [7, 11) is 0. The first-order valence-corrected chi connectivity index (χ1v) is 16.6. The summed E-state index contributed by atoms with van der Waals surface area (Å²) in [6.45, 7) is 17.0. The van der Waals surface area contributed by atoms with Crippen molar-refractivity contribution in [2.24, 2.45) is 0 Å². The Morgan fingerprint density at radius 2 is 1.00 bits per heavy atom. The lowest BCUT2D eigenvalue weighted by molar-refractivity contribution is 0.332. The van der Waals surface area contributed by atoms with E-state index in [2.05, 4.69) is 99.3 Å². The third kappa shape index (κ3) is 5.22. The van der Waals surface area contributed by atoms with Gasteiger partial charge in [-0.25, -0.2) is 19.8 Å². The lowest BCUT2D eigenvalue weighted by atomic mass is 9.63. The number of fused-ring (bicyclic) bond motifs is 4. The van der Waals surface area contributed by atoms with Crippen molar-refractivity contribution in [1.82, 2.24) is 15.0 Å². The van der Waals surface area contributed by atoms with E-state index in [1.165, 1.54) is 51.3 Å². The highest BCUT2D eigenvalue weighted by molar-refractivity contribution is 6.09. The van der Waals surface area contributed by atoms with Crippen molar-refractivity contribution in [2.75, 3.05) is 0 Å². The minimum Gasteiger partial charge on any atom is -0.238 e. The van der Waals surface area contributed by atoms with Crippen LogP contribution in [0.5, 0.6) is 0 Å². The number of rotatable bonds is 4. The zero-order valence-corrected chi connectivity index (χ0v) is 27.8. The molecule has 0 radical (unpaired) electrons. The van der Waals surface area contributed by atoms with E-state index in [0.717, 1.165) is 22.1 Å². The molecule has 0 atom stereocenters. The Labute approximate surface area is 282 Å². The second kappa shape index (κ2) is 11.2. The molecule has 1 aliphatic rings. The molecule has 0 saturated heterocycles. The molecule has 0 saturated carbocycles. The highest BCUT2D eigenvalue weighted by Gasteiger charge is 2.37. The zero-order valence-electron chi connectivity index (χ0n) is 27.8. The van der Waals surface area contributed by atoms with Crippen LogP contribution in [0.1, 0.15) is 51.7 Å². The Bertz CT molecular complexity index is 2410.